The summed E-state index contributed by atoms with van der Waals surface area (Å²) >= 11 is 0. The van der Waals surface area contributed by atoms with E-state index in [0.717, 1.165) is 39.0 Å². The quantitative estimate of drug-likeness (QED) is 0.566. The summed E-state index contributed by atoms with van der Waals surface area (Å²) in [6.07, 6.45) is 3.74. The van der Waals surface area contributed by atoms with Crippen molar-refractivity contribution in [1.82, 2.24) is 9.97 Å². The first-order chi connectivity index (χ1) is 12.1. The maximum Gasteiger partial charge on any atom is 0.137 e. The smallest absolute Gasteiger partial charge is 0.137 e. The van der Waals surface area contributed by atoms with Gasteiger partial charge in [-0.15, -0.1) is 0 Å². The van der Waals surface area contributed by atoms with Crippen molar-refractivity contribution in [3.63, 3.8) is 0 Å². The molecule has 0 aliphatic carbocycles. The molecule has 0 amide bonds. The zero-order chi connectivity index (χ0) is 17.4. The van der Waals surface area contributed by atoms with Crippen LogP contribution in [0.25, 0.3) is 33.3 Å². The number of halogens is 1. The van der Waals surface area contributed by atoms with E-state index in [1.165, 1.54) is 6.07 Å². The second-order valence-corrected chi connectivity index (χ2v) is 6.27. The maximum absolute atomic E-state index is 13.6. The third-order valence-electron chi connectivity index (χ3n) is 4.38. The van der Waals surface area contributed by atoms with Gasteiger partial charge in [0.1, 0.15) is 11.5 Å². The first-order valence-electron chi connectivity index (χ1n) is 8.12. The lowest BCUT2D eigenvalue weighted by Crippen LogP contribution is -2.07. The summed E-state index contributed by atoms with van der Waals surface area (Å²) in [5, 5.41) is 0.986. The number of nitrogens with zero attached hydrogens (tertiary/aromatic N) is 2. The highest BCUT2D eigenvalue weighted by atomic mass is 19.1. The van der Waals surface area contributed by atoms with Gasteiger partial charge in [0.15, 0.2) is 0 Å². The van der Waals surface area contributed by atoms with E-state index < -0.39 is 0 Å². The molecule has 2 aromatic carbocycles. The van der Waals surface area contributed by atoms with Crippen molar-refractivity contribution in [1.29, 1.82) is 0 Å². The molecular formula is C21H18FN3. The molecule has 0 spiro atoms. The Kier molecular flexibility index (Phi) is 3.73. The van der Waals surface area contributed by atoms with Crippen LogP contribution in [0, 0.1) is 5.82 Å². The molecule has 0 atom stereocenters. The van der Waals surface area contributed by atoms with E-state index in [1.807, 2.05) is 32.6 Å². The van der Waals surface area contributed by atoms with Crippen LogP contribution in [0.5, 0.6) is 0 Å². The van der Waals surface area contributed by atoms with Gasteiger partial charge in [0.2, 0.25) is 0 Å². The van der Waals surface area contributed by atoms with Crippen molar-refractivity contribution in [2.24, 2.45) is 0 Å². The Morgan fingerprint density at radius 2 is 1.72 bits per heavy atom. The lowest BCUT2D eigenvalue weighted by molar-refractivity contribution is 0.628. The van der Waals surface area contributed by atoms with Gasteiger partial charge in [-0.1, -0.05) is 24.3 Å². The number of aromatic amines is 1. The molecule has 1 N–H and O–H groups in total. The Morgan fingerprint density at radius 1 is 0.920 bits per heavy atom. The second-order valence-electron chi connectivity index (χ2n) is 6.27. The van der Waals surface area contributed by atoms with E-state index in [4.69, 9.17) is 0 Å². The summed E-state index contributed by atoms with van der Waals surface area (Å²) in [4.78, 5) is 9.76. The largest absolute Gasteiger partial charge is 0.378 e. The summed E-state index contributed by atoms with van der Waals surface area (Å²) in [5.74, 6) is -0.241. The Morgan fingerprint density at radius 3 is 2.44 bits per heavy atom. The Bertz CT molecular complexity index is 1030. The average molecular weight is 331 g/mol. The molecule has 124 valence electrons. The topological polar surface area (TPSA) is 31.9 Å². The van der Waals surface area contributed by atoms with Gasteiger partial charge in [0.25, 0.3) is 0 Å². The van der Waals surface area contributed by atoms with E-state index in [9.17, 15) is 4.39 Å². The lowest BCUT2D eigenvalue weighted by atomic mass is 10.0. The van der Waals surface area contributed by atoms with Gasteiger partial charge < -0.3 is 9.88 Å². The zero-order valence-corrected chi connectivity index (χ0v) is 14.1. The summed E-state index contributed by atoms with van der Waals surface area (Å²) < 4.78 is 13.6. The minimum absolute atomic E-state index is 0.241. The van der Waals surface area contributed by atoms with Gasteiger partial charge in [-0.05, 0) is 41.5 Å². The molecule has 0 aliphatic heterocycles. The first-order valence-corrected chi connectivity index (χ1v) is 8.12. The Balaban J connectivity index is 1.80. The number of nitrogens with one attached hydrogen (secondary N) is 1. The van der Waals surface area contributed by atoms with Crippen LogP contribution in [-0.4, -0.2) is 24.1 Å². The van der Waals surface area contributed by atoms with Crippen LogP contribution >= 0.6 is 0 Å². The molecular weight excluding hydrogens is 313 g/mol. The molecule has 0 saturated carbocycles. The highest BCUT2D eigenvalue weighted by molar-refractivity contribution is 5.95. The van der Waals surface area contributed by atoms with E-state index in [-0.39, 0.29) is 5.82 Å². The number of fused-ring (bicyclic) bond motifs is 1. The molecule has 0 bridgehead atoms. The number of pyridine rings is 1. The van der Waals surface area contributed by atoms with Crippen molar-refractivity contribution in [3.05, 3.63) is 72.8 Å². The van der Waals surface area contributed by atoms with Crippen LogP contribution in [0.4, 0.5) is 10.1 Å². The molecule has 0 aliphatic rings. The molecule has 0 unspecified atom stereocenters. The third-order valence-corrected chi connectivity index (χ3v) is 4.38. The number of aromatic nitrogens is 2. The van der Waals surface area contributed by atoms with Gasteiger partial charge in [-0.25, -0.2) is 9.37 Å². The van der Waals surface area contributed by atoms with Gasteiger partial charge in [0.05, 0.1) is 0 Å². The molecule has 3 nitrogen and oxygen atoms in total. The van der Waals surface area contributed by atoms with Gasteiger partial charge in [-0.2, -0.15) is 0 Å². The van der Waals surface area contributed by atoms with Gasteiger partial charge >= 0.3 is 0 Å². The number of H-pyrrole nitrogens is 1. The standard InChI is InChI=1S/C21H18FN3/c1-25(2)18-8-6-14(7-9-18)16-11-19-20(13-24-21(19)23-12-16)15-4-3-5-17(22)10-15/h3-13H,1-2H3,(H,23,24). The number of anilines is 1. The molecule has 4 rings (SSSR count). The second kappa shape index (κ2) is 6.06. The van der Waals surface area contributed by atoms with Crippen molar-refractivity contribution in [2.75, 3.05) is 19.0 Å². The number of hydrogen-bond donors (Lipinski definition) is 1. The molecule has 4 aromatic rings. The van der Waals surface area contributed by atoms with Crippen LogP contribution in [0.1, 0.15) is 0 Å². The maximum atomic E-state index is 13.6. The predicted molar refractivity (Wildman–Crippen MR) is 101 cm³/mol. The first kappa shape index (κ1) is 15.4. The minimum Gasteiger partial charge on any atom is -0.378 e. The van der Waals surface area contributed by atoms with Gasteiger partial charge in [0, 0.05) is 48.7 Å². The molecule has 25 heavy (non-hydrogen) atoms. The van der Waals surface area contributed by atoms with Gasteiger partial charge in [-0.3, -0.25) is 0 Å². The third kappa shape index (κ3) is 2.87. The highest BCUT2D eigenvalue weighted by Gasteiger charge is 2.10. The van der Waals surface area contributed by atoms with E-state index in [0.29, 0.717) is 0 Å². The SMILES string of the molecule is CN(C)c1ccc(-c2cnc3[nH]cc(-c4cccc(F)c4)c3c2)cc1. The Hall–Kier alpha value is -3.14. The van der Waals surface area contributed by atoms with Crippen LogP contribution < -0.4 is 4.90 Å². The fraction of sp³-hybridized carbons (Fsp3) is 0.0952. The minimum atomic E-state index is -0.241. The van der Waals surface area contributed by atoms with Crippen LogP contribution in [0.3, 0.4) is 0 Å². The van der Waals surface area contributed by atoms with Crippen molar-refractivity contribution < 1.29 is 4.39 Å². The van der Waals surface area contributed by atoms with E-state index >= 15 is 0 Å². The molecule has 0 fully saturated rings. The number of rotatable bonds is 3. The lowest BCUT2D eigenvalue weighted by Gasteiger charge is -2.12. The van der Waals surface area contributed by atoms with Crippen molar-refractivity contribution in [2.45, 2.75) is 0 Å². The van der Waals surface area contributed by atoms with Crippen LogP contribution in [-0.2, 0) is 0 Å². The van der Waals surface area contributed by atoms with E-state index in [1.54, 1.807) is 12.1 Å². The van der Waals surface area contributed by atoms with Crippen molar-refractivity contribution >= 4 is 16.7 Å². The van der Waals surface area contributed by atoms with Crippen LogP contribution in [0.15, 0.2) is 67.0 Å². The number of hydrogen-bond acceptors (Lipinski definition) is 2. The molecule has 0 radical (unpaired) electrons. The summed E-state index contributed by atoms with van der Waals surface area (Å²) in [6.45, 7) is 0. The number of benzene rings is 2. The average Bonchev–Trinajstić information content (AvgIpc) is 3.05. The summed E-state index contributed by atoms with van der Waals surface area (Å²) in [6, 6.07) is 17.1. The van der Waals surface area contributed by atoms with Crippen LogP contribution in [0.2, 0.25) is 0 Å². The zero-order valence-electron chi connectivity index (χ0n) is 14.1. The predicted octanol–water partition coefficient (Wildman–Crippen LogP) is 5.10. The molecule has 0 saturated heterocycles. The fourth-order valence-corrected chi connectivity index (χ4v) is 3.01. The summed E-state index contributed by atoms with van der Waals surface area (Å²) in [7, 11) is 4.04. The molecule has 2 aromatic heterocycles. The highest BCUT2D eigenvalue weighted by Crippen LogP contribution is 2.31. The molecule has 4 heteroatoms. The molecule has 2 heterocycles. The van der Waals surface area contributed by atoms with Crippen molar-refractivity contribution in [3.8, 4) is 22.3 Å². The fourth-order valence-electron chi connectivity index (χ4n) is 3.01. The monoisotopic (exact) mass is 331 g/mol. The normalized spacial score (nSPS) is 11.0. The van der Waals surface area contributed by atoms with E-state index in [2.05, 4.69) is 45.2 Å². The Labute approximate surface area is 145 Å². The summed E-state index contributed by atoms with van der Waals surface area (Å²) in [5.41, 5.74) is 5.89.